The van der Waals surface area contributed by atoms with Gasteiger partial charge in [0.1, 0.15) is 0 Å². The number of amides is 3. The molecule has 0 aromatic heterocycles. The molecule has 2 heterocycles. The van der Waals surface area contributed by atoms with Crippen LogP contribution in [0.1, 0.15) is 56.3 Å². The lowest BCUT2D eigenvalue weighted by atomic mass is 9.78. The van der Waals surface area contributed by atoms with E-state index >= 15 is 0 Å². The van der Waals surface area contributed by atoms with Crippen molar-refractivity contribution in [2.24, 2.45) is 11.8 Å². The zero-order valence-electron chi connectivity index (χ0n) is 18.2. The summed E-state index contributed by atoms with van der Waals surface area (Å²) in [6, 6.07) is 6.79. The van der Waals surface area contributed by atoms with Gasteiger partial charge in [0.15, 0.2) is 6.61 Å². The van der Waals surface area contributed by atoms with E-state index in [0.717, 1.165) is 19.3 Å². The van der Waals surface area contributed by atoms with Crippen LogP contribution in [0.2, 0.25) is 0 Å². The van der Waals surface area contributed by atoms with Crippen molar-refractivity contribution < 1.29 is 23.9 Å². The molecule has 0 spiro atoms. The number of carbonyl (C=O) groups excluding carboxylic acids is 4. The number of rotatable bonds is 4. The molecule has 1 aliphatic carbocycles. The van der Waals surface area contributed by atoms with Crippen LogP contribution in [0.4, 0.5) is 5.69 Å². The van der Waals surface area contributed by atoms with Gasteiger partial charge < -0.3 is 15.0 Å². The third kappa shape index (κ3) is 3.38. The molecule has 1 N–H and O–H groups in total. The van der Waals surface area contributed by atoms with Crippen molar-refractivity contribution in [3.63, 3.8) is 0 Å². The molecule has 2 aliphatic heterocycles. The summed E-state index contributed by atoms with van der Waals surface area (Å²) in [5.74, 6) is -0.846. The highest BCUT2D eigenvalue weighted by Gasteiger charge is 2.60. The number of ether oxygens (including phenoxy) is 1. The lowest BCUT2D eigenvalue weighted by Gasteiger charge is -2.46. The summed E-state index contributed by atoms with van der Waals surface area (Å²) < 4.78 is 5.39. The number of anilines is 1. The number of esters is 1. The van der Waals surface area contributed by atoms with Crippen LogP contribution in [0.3, 0.4) is 0 Å². The van der Waals surface area contributed by atoms with Crippen LogP contribution < -0.4 is 10.2 Å². The molecule has 1 saturated heterocycles. The van der Waals surface area contributed by atoms with Crippen LogP contribution in [0.15, 0.2) is 24.3 Å². The molecular weight excluding hydrogens is 398 g/mol. The van der Waals surface area contributed by atoms with Gasteiger partial charge in [-0.05, 0) is 30.4 Å². The molecule has 166 valence electrons. The third-order valence-electron chi connectivity index (χ3n) is 7.26. The minimum Gasteiger partial charge on any atom is -0.452 e. The zero-order valence-corrected chi connectivity index (χ0v) is 18.2. The average Bonchev–Trinajstić information content (AvgIpc) is 3.12. The Hall–Kier alpha value is -2.90. The van der Waals surface area contributed by atoms with Crippen molar-refractivity contribution in [3.05, 3.63) is 29.8 Å². The number of nitrogens with zero attached hydrogens (tertiary/aromatic N) is 2. The Balaban J connectivity index is 1.50. The first-order valence-electron chi connectivity index (χ1n) is 10.9. The van der Waals surface area contributed by atoms with Gasteiger partial charge in [0.2, 0.25) is 11.6 Å². The van der Waals surface area contributed by atoms with E-state index in [0.29, 0.717) is 23.1 Å². The fourth-order valence-corrected chi connectivity index (χ4v) is 5.17. The fraction of sp³-hybridized carbons (Fsp3) is 0.565. The molecule has 4 atom stereocenters. The molecule has 31 heavy (non-hydrogen) atoms. The van der Waals surface area contributed by atoms with Gasteiger partial charge in [-0.2, -0.15) is 0 Å². The zero-order chi connectivity index (χ0) is 22.3. The highest BCUT2D eigenvalue weighted by Crippen LogP contribution is 2.44. The molecule has 8 nitrogen and oxygen atoms in total. The van der Waals surface area contributed by atoms with Crippen molar-refractivity contribution in [1.82, 2.24) is 10.2 Å². The first kappa shape index (κ1) is 21.3. The number of fused-ring (bicyclic) bond motifs is 3. The topological polar surface area (TPSA) is 96.0 Å². The summed E-state index contributed by atoms with van der Waals surface area (Å²) in [6.07, 6.45) is 3.36. The van der Waals surface area contributed by atoms with Gasteiger partial charge in [0.05, 0.1) is 11.3 Å². The lowest BCUT2D eigenvalue weighted by Crippen LogP contribution is -2.67. The van der Waals surface area contributed by atoms with E-state index in [1.54, 1.807) is 24.3 Å². The van der Waals surface area contributed by atoms with E-state index < -0.39 is 18.2 Å². The molecule has 1 aromatic carbocycles. The first-order chi connectivity index (χ1) is 14.8. The highest BCUT2D eigenvalue weighted by atomic mass is 16.5. The largest absolute Gasteiger partial charge is 0.452 e. The van der Waals surface area contributed by atoms with Crippen molar-refractivity contribution in [3.8, 4) is 0 Å². The Bertz CT molecular complexity index is 932. The van der Waals surface area contributed by atoms with E-state index in [9.17, 15) is 19.2 Å². The molecule has 0 bridgehead atoms. The van der Waals surface area contributed by atoms with Gasteiger partial charge in [-0.3, -0.25) is 19.3 Å². The molecular formula is C23H29N3O5. The predicted octanol–water partition coefficient (Wildman–Crippen LogP) is 2.08. The van der Waals surface area contributed by atoms with Crippen LogP contribution in [0, 0.1) is 11.8 Å². The summed E-state index contributed by atoms with van der Waals surface area (Å²) in [4.78, 5) is 54.0. The van der Waals surface area contributed by atoms with Gasteiger partial charge in [-0.25, -0.2) is 4.79 Å². The molecule has 0 unspecified atom stereocenters. The van der Waals surface area contributed by atoms with Crippen LogP contribution in [-0.2, 0) is 19.1 Å². The summed E-state index contributed by atoms with van der Waals surface area (Å²) in [5.41, 5.74) is -0.795. The number of nitrogens with one attached hydrogen (secondary N) is 1. The molecule has 8 heteroatoms. The number of hydrogen-bond donors (Lipinski definition) is 1. The number of hydrogen-bond acceptors (Lipinski definition) is 5. The summed E-state index contributed by atoms with van der Waals surface area (Å²) in [5, 5.41) is 2.98. The van der Waals surface area contributed by atoms with Gasteiger partial charge in [-0.1, -0.05) is 38.8 Å². The normalized spacial score (nSPS) is 30.0. The second-order valence-corrected chi connectivity index (χ2v) is 8.94. The van der Waals surface area contributed by atoms with Gasteiger partial charge >= 0.3 is 5.97 Å². The standard InChI is InChI=1S/C23H29N3O5/c1-14-7-6-9-17(15(14)2)24-19(27)13-31-22(30)23-12-11-20(28)26(23)18-10-5-4-8-16(18)21(29)25(23)3/h4-5,8,10,14-15,17H,6-7,9,11-13H2,1-3H3,(H,24,27)/t14-,15-,17+,23-/m1/s1. The van der Waals surface area contributed by atoms with E-state index in [2.05, 4.69) is 19.2 Å². The highest BCUT2D eigenvalue weighted by molar-refractivity contribution is 6.15. The van der Waals surface area contributed by atoms with E-state index in [-0.39, 0.29) is 36.6 Å². The maximum atomic E-state index is 13.2. The quantitative estimate of drug-likeness (QED) is 0.743. The smallest absolute Gasteiger partial charge is 0.354 e. The maximum Gasteiger partial charge on any atom is 0.354 e. The Labute approximate surface area is 181 Å². The predicted molar refractivity (Wildman–Crippen MR) is 113 cm³/mol. The van der Waals surface area contributed by atoms with Crippen LogP contribution in [0.5, 0.6) is 0 Å². The average molecular weight is 428 g/mol. The summed E-state index contributed by atoms with van der Waals surface area (Å²) in [7, 11) is 1.50. The lowest BCUT2D eigenvalue weighted by molar-refractivity contribution is -0.159. The molecule has 1 saturated carbocycles. The van der Waals surface area contributed by atoms with Crippen molar-refractivity contribution in [2.75, 3.05) is 18.6 Å². The van der Waals surface area contributed by atoms with Gasteiger partial charge in [0.25, 0.3) is 11.8 Å². The third-order valence-corrected chi connectivity index (χ3v) is 7.26. The molecule has 3 aliphatic rings. The fourth-order valence-electron chi connectivity index (χ4n) is 5.17. The van der Waals surface area contributed by atoms with Gasteiger partial charge in [0, 0.05) is 25.9 Å². The minimum atomic E-state index is -1.56. The van der Waals surface area contributed by atoms with Gasteiger partial charge in [-0.15, -0.1) is 0 Å². The van der Waals surface area contributed by atoms with E-state index in [1.165, 1.54) is 16.8 Å². The SMILES string of the molecule is C[C@@H]1[C@H](C)CCC[C@@H]1NC(=O)COC(=O)[C@@]12CCC(=O)N1c1ccccc1C(=O)N2C. The summed E-state index contributed by atoms with van der Waals surface area (Å²) in [6.45, 7) is 3.87. The maximum absolute atomic E-state index is 13.2. The number of para-hydroxylation sites is 1. The summed E-state index contributed by atoms with van der Waals surface area (Å²) >= 11 is 0. The molecule has 4 rings (SSSR count). The Morgan fingerprint density at radius 2 is 1.94 bits per heavy atom. The van der Waals surface area contributed by atoms with E-state index in [4.69, 9.17) is 4.74 Å². The molecule has 0 radical (unpaired) electrons. The minimum absolute atomic E-state index is 0.0588. The van der Waals surface area contributed by atoms with Crippen LogP contribution in [-0.4, -0.2) is 54.0 Å². The second kappa shape index (κ2) is 7.98. The first-order valence-corrected chi connectivity index (χ1v) is 10.9. The Kier molecular flexibility index (Phi) is 5.49. The number of benzene rings is 1. The molecule has 1 aromatic rings. The van der Waals surface area contributed by atoms with Crippen molar-refractivity contribution in [1.29, 1.82) is 0 Å². The molecule has 2 fully saturated rings. The van der Waals surface area contributed by atoms with Crippen LogP contribution >= 0.6 is 0 Å². The molecule has 3 amide bonds. The second-order valence-electron chi connectivity index (χ2n) is 8.94. The Morgan fingerprint density at radius 3 is 2.71 bits per heavy atom. The Morgan fingerprint density at radius 1 is 1.19 bits per heavy atom. The number of carbonyl (C=O) groups is 4. The van der Waals surface area contributed by atoms with Crippen molar-refractivity contribution in [2.45, 2.75) is 57.7 Å². The van der Waals surface area contributed by atoms with E-state index in [1.807, 2.05) is 0 Å². The monoisotopic (exact) mass is 427 g/mol. The van der Waals surface area contributed by atoms with Crippen molar-refractivity contribution >= 4 is 29.4 Å². The van der Waals surface area contributed by atoms with Crippen LogP contribution in [0.25, 0.3) is 0 Å². The number of likely N-dealkylation sites (N-methyl/N-ethyl adjacent to an activating group) is 1.